The fraction of sp³-hybridized carbons (Fsp3) is 0.444. The van der Waals surface area contributed by atoms with Gasteiger partial charge in [0.25, 0.3) is 5.78 Å². The van der Waals surface area contributed by atoms with Crippen molar-refractivity contribution >= 4 is 26.0 Å². The Balaban J connectivity index is 1.90. The number of nitrogens with zero attached hydrogens (tertiary/aromatic N) is 3. The Kier molecular flexibility index (Phi) is 9.65. The van der Waals surface area contributed by atoms with Gasteiger partial charge in [0.1, 0.15) is 31.0 Å². The minimum Gasteiger partial charge on any atom is -0.459 e. The van der Waals surface area contributed by atoms with E-state index in [0.717, 1.165) is 0 Å². The molecule has 0 aliphatic carbocycles. The van der Waals surface area contributed by atoms with Gasteiger partial charge < -0.3 is 23.7 Å². The van der Waals surface area contributed by atoms with Crippen molar-refractivity contribution in [3.8, 4) is 0 Å². The molecule has 0 saturated carbocycles. The molecule has 5 atom stereocenters. The number of aliphatic hydroxyl groups is 1. The highest BCUT2D eigenvalue weighted by Gasteiger charge is 2.51. The summed E-state index contributed by atoms with van der Waals surface area (Å²) in [5.74, 6) is -2.85. The molecule has 1 saturated heterocycles. The summed E-state index contributed by atoms with van der Waals surface area (Å²) in [5, 5.41) is 14.6. The number of ether oxygens (including phenoxy) is 3. The number of azide groups is 1. The normalized spacial score (nSPS) is 23.3. The third kappa shape index (κ3) is 7.31. The Hall–Kier alpha value is -3.54. The number of aliphatic hydroxyl groups excluding tert-OH is 1. The molecule has 1 aliphatic heterocycles. The fourth-order valence-electron chi connectivity index (χ4n) is 3.62. The SMILES string of the molecule is CC(C)(C)[Si](C)(C)O[C@@H]1OC(COC(=O)c2ccccc2)[C@@H](O)C(OC(=O)C(=O)c2ccccc2)[C@@H]1N=[N+]=[N-]. The minimum absolute atomic E-state index is 0.0896. The van der Waals surface area contributed by atoms with Crippen LogP contribution in [-0.2, 0) is 23.4 Å². The number of Topliss-reactive ketones (excluding diaryl/α,β-unsaturated/α-hetero) is 1. The number of rotatable bonds is 9. The lowest BCUT2D eigenvalue weighted by molar-refractivity contribution is -0.247. The Morgan fingerprint density at radius 1 is 1.03 bits per heavy atom. The van der Waals surface area contributed by atoms with Crippen LogP contribution < -0.4 is 0 Å². The van der Waals surface area contributed by atoms with E-state index in [1.54, 1.807) is 48.5 Å². The third-order valence-electron chi connectivity index (χ3n) is 6.90. The molecular weight excluding hydrogens is 522 g/mol. The molecular formula is C27H33N3O8Si. The fourth-order valence-corrected chi connectivity index (χ4v) is 4.75. The number of carbonyl (C=O) groups excluding carboxylic acids is 3. The molecule has 39 heavy (non-hydrogen) atoms. The smallest absolute Gasteiger partial charge is 0.380 e. The third-order valence-corrected chi connectivity index (χ3v) is 11.3. The Labute approximate surface area is 227 Å². The number of hydrogen-bond donors (Lipinski definition) is 1. The highest BCUT2D eigenvalue weighted by atomic mass is 28.4. The predicted octanol–water partition coefficient (Wildman–Crippen LogP) is 4.42. The second-order valence-electron chi connectivity index (χ2n) is 10.6. The number of benzene rings is 2. The molecule has 0 spiro atoms. The van der Waals surface area contributed by atoms with E-state index in [2.05, 4.69) is 10.0 Å². The summed E-state index contributed by atoms with van der Waals surface area (Å²) in [5.41, 5.74) is 9.67. The zero-order valence-corrected chi connectivity index (χ0v) is 23.5. The first-order valence-electron chi connectivity index (χ1n) is 12.4. The first-order valence-corrected chi connectivity index (χ1v) is 15.3. The van der Waals surface area contributed by atoms with Crippen molar-refractivity contribution in [2.45, 2.75) is 69.5 Å². The monoisotopic (exact) mass is 555 g/mol. The van der Waals surface area contributed by atoms with Gasteiger partial charge in [0.05, 0.1) is 5.56 Å². The average molecular weight is 556 g/mol. The molecule has 2 unspecified atom stereocenters. The van der Waals surface area contributed by atoms with Crippen molar-refractivity contribution < 1.29 is 38.1 Å². The van der Waals surface area contributed by atoms with E-state index >= 15 is 0 Å². The van der Waals surface area contributed by atoms with E-state index in [4.69, 9.17) is 18.6 Å². The van der Waals surface area contributed by atoms with Gasteiger partial charge in [-0.3, -0.25) is 4.79 Å². The molecule has 0 bridgehead atoms. The summed E-state index contributed by atoms with van der Waals surface area (Å²) in [4.78, 5) is 40.9. The first-order chi connectivity index (χ1) is 18.4. The second-order valence-corrected chi connectivity index (χ2v) is 15.4. The van der Waals surface area contributed by atoms with Gasteiger partial charge in [0.15, 0.2) is 14.6 Å². The van der Waals surface area contributed by atoms with Crippen LogP contribution in [0.25, 0.3) is 10.4 Å². The van der Waals surface area contributed by atoms with Gasteiger partial charge in [-0.2, -0.15) is 0 Å². The van der Waals surface area contributed by atoms with E-state index in [-0.39, 0.29) is 10.6 Å². The van der Waals surface area contributed by atoms with Gasteiger partial charge >= 0.3 is 11.9 Å². The minimum atomic E-state index is -2.56. The summed E-state index contributed by atoms with van der Waals surface area (Å²) < 4.78 is 23.2. The van der Waals surface area contributed by atoms with Crippen molar-refractivity contribution in [3.05, 3.63) is 82.2 Å². The molecule has 11 nitrogen and oxygen atoms in total. The molecule has 1 N–H and O–H groups in total. The molecule has 3 rings (SSSR count). The lowest BCUT2D eigenvalue weighted by atomic mass is 9.97. The predicted molar refractivity (Wildman–Crippen MR) is 143 cm³/mol. The van der Waals surface area contributed by atoms with Crippen LogP contribution in [0.2, 0.25) is 18.1 Å². The van der Waals surface area contributed by atoms with Crippen LogP contribution in [0, 0.1) is 0 Å². The van der Waals surface area contributed by atoms with Gasteiger partial charge in [0, 0.05) is 10.5 Å². The number of esters is 2. The molecule has 1 heterocycles. The maximum absolute atomic E-state index is 12.8. The van der Waals surface area contributed by atoms with E-state index in [0.29, 0.717) is 5.56 Å². The van der Waals surface area contributed by atoms with Crippen LogP contribution >= 0.6 is 0 Å². The topological polar surface area (TPSA) is 157 Å². The molecule has 0 radical (unpaired) electrons. The van der Waals surface area contributed by atoms with E-state index in [1.165, 1.54) is 12.1 Å². The molecule has 12 heteroatoms. The Bertz CT molecular complexity index is 1210. The number of ketones is 1. The van der Waals surface area contributed by atoms with Crippen molar-refractivity contribution in [3.63, 3.8) is 0 Å². The molecule has 1 fully saturated rings. The summed E-state index contributed by atoms with van der Waals surface area (Å²) in [6, 6.07) is 14.7. The zero-order chi connectivity index (χ0) is 28.8. The standard InChI is InChI=1S/C27H33N3O8Si/c1-27(2,3)39(4,5)38-26-20(29-30-28)23(37-25(34)21(31)17-12-8-6-9-13-17)22(32)19(36-26)16-35-24(33)18-14-10-7-11-15-18/h6-15,19-20,22-23,26,32H,16H2,1-5H3/t19?,20-,22+,23?,26-/m0/s1. The van der Waals surface area contributed by atoms with Crippen LogP contribution in [0.1, 0.15) is 41.5 Å². The van der Waals surface area contributed by atoms with Gasteiger partial charge in [0.2, 0.25) is 0 Å². The summed E-state index contributed by atoms with van der Waals surface area (Å²) in [7, 11) is -2.56. The van der Waals surface area contributed by atoms with Gasteiger partial charge in [-0.15, -0.1) is 0 Å². The molecule has 2 aromatic rings. The number of hydrogen-bond acceptors (Lipinski definition) is 9. The molecule has 0 amide bonds. The van der Waals surface area contributed by atoms with Gasteiger partial charge in [-0.25, -0.2) is 9.59 Å². The van der Waals surface area contributed by atoms with Gasteiger partial charge in [-0.1, -0.05) is 74.4 Å². The largest absolute Gasteiger partial charge is 0.459 e. The van der Waals surface area contributed by atoms with Crippen LogP contribution in [0.15, 0.2) is 65.8 Å². The lowest BCUT2D eigenvalue weighted by Crippen LogP contribution is -2.62. The molecule has 208 valence electrons. The van der Waals surface area contributed by atoms with Crippen molar-refractivity contribution in [2.75, 3.05) is 6.61 Å². The van der Waals surface area contributed by atoms with E-state index < -0.39 is 63.3 Å². The molecule has 1 aliphatic rings. The second kappa shape index (κ2) is 12.5. The highest BCUT2D eigenvalue weighted by molar-refractivity contribution is 6.74. The zero-order valence-electron chi connectivity index (χ0n) is 22.5. The van der Waals surface area contributed by atoms with Crippen LogP contribution in [0.4, 0.5) is 0 Å². The first kappa shape index (κ1) is 30.0. The van der Waals surface area contributed by atoms with Crippen molar-refractivity contribution in [1.29, 1.82) is 0 Å². The highest BCUT2D eigenvalue weighted by Crippen LogP contribution is 2.40. The summed E-state index contributed by atoms with van der Waals surface area (Å²) >= 11 is 0. The van der Waals surface area contributed by atoms with Crippen molar-refractivity contribution in [2.24, 2.45) is 5.11 Å². The molecule has 0 aromatic heterocycles. The Morgan fingerprint density at radius 2 is 1.59 bits per heavy atom. The average Bonchev–Trinajstić information content (AvgIpc) is 2.90. The van der Waals surface area contributed by atoms with Crippen LogP contribution in [0.5, 0.6) is 0 Å². The summed E-state index contributed by atoms with van der Waals surface area (Å²) in [6.07, 6.45) is -5.61. The lowest BCUT2D eigenvalue weighted by Gasteiger charge is -2.46. The van der Waals surface area contributed by atoms with Gasteiger partial charge in [-0.05, 0) is 35.8 Å². The number of carbonyl (C=O) groups is 3. The van der Waals surface area contributed by atoms with Crippen LogP contribution in [-0.4, -0.2) is 68.4 Å². The Morgan fingerprint density at radius 3 is 2.13 bits per heavy atom. The molecule has 2 aromatic carbocycles. The maximum Gasteiger partial charge on any atom is 0.380 e. The van der Waals surface area contributed by atoms with E-state index in [9.17, 15) is 25.0 Å². The maximum atomic E-state index is 12.8. The van der Waals surface area contributed by atoms with Crippen LogP contribution in [0.3, 0.4) is 0 Å². The van der Waals surface area contributed by atoms with Crippen molar-refractivity contribution in [1.82, 2.24) is 0 Å². The summed E-state index contributed by atoms with van der Waals surface area (Å²) in [6.45, 7) is 9.45. The quantitative estimate of drug-likeness (QED) is 0.0906. The van der Waals surface area contributed by atoms with E-state index in [1.807, 2.05) is 33.9 Å².